The Balaban J connectivity index is 1.36. The van der Waals surface area contributed by atoms with Crippen molar-refractivity contribution in [2.45, 2.75) is 45.1 Å². The molecule has 1 aromatic heterocycles. The Kier molecular flexibility index (Phi) is 5.14. The van der Waals surface area contributed by atoms with Gasteiger partial charge in [0.2, 0.25) is 0 Å². The van der Waals surface area contributed by atoms with Gasteiger partial charge in [0.05, 0.1) is 16.4 Å². The van der Waals surface area contributed by atoms with Crippen LogP contribution in [0.2, 0.25) is 0 Å². The molecule has 1 aromatic rings. The number of piperazine rings is 1. The zero-order chi connectivity index (χ0) is 18.3. The van der Waals surface area contributed by atoms with Crippen molar-refractivity contribution in [1.82, 2.24) is 9.80 Å². The van der Waals surface area contributed by atoms with E-state index < -0.39 is 9.84 Å². The zero-order valence-electron chi connectivity index (χ0n) is 15.4. The van der Waals surface area contributed by atoms with Crippen LogP contribution in [-0.4, -0.2) is 67.9 Å². The van der Waals surface area contributed by atoms with Crippen LogP contribution in [0.5, 0.6) is 0 Å². The third kappa shape index (κ3) is 3.71. The van der Waals surface area contributed by atoms with E-state index in [9.17, 15) is 13.2 Å². The zero-order valence-corrected chi connectivity index (χ0v) is 17.1. The van der Waals surface area contributed by atoms with Gasteiger partial charge in [-0.1, -0.05) is 13.3 Å². The predicted octanol–water partition coefficient (Wildman–Crippen LogP) is 2.21. The number of amides is 1. The first-order valence-electron chi connectivity index (χ1n) is 9.80. The van der Waals surface area contributed by atoms with E-state index in [-0.39, 0.29) is 17.7 Å². The summed E-state index contributed by atoms with van der Waals surface area (Å²) in [5.41, 5.74) is 1.39. The molecule has 7 heteroatoms. The molecule has 2 aliphatic heterocycles. The molecule has 1 aliphatic carbocycles. The van der Waals surface area contributed by atoms with Crippen molar-refractivity contribution in [1.29, 1.82) is 0 Å². The van der Waals surface area contributed by atoms with Gasteiger partial charge in [-0.15, -0.1) is 11.3 Å². The molecule has 4 rings (SSSR count). The predicted molar refractivity (Wildman–Crippen MR) is 105 cm³/mol. The number of carbonyl (C=O) groups excluding carboxylic acids is 1. The molecule has 0 bridgehead atoms. The fraction of sp³-hybridized carbons (Fsp3) is 0.737. The minimum atomic E-state index is -2.85. The quantitative estimate of drug-likeness (QED) is 0.786. The monoisotopic (exact) mass is 396 g/mol. The highest BCUT2D eigenvalue weighted by atomic mass is 32.2. The Morgan fingerprint density at radius 2 is 2.00 bits per heavy atom. The highest BCUT2D eigenvalue weighted by Gasteiger charge is 2.34. The van der Waals surface area contributed by atoms with Gasteiger partial charge in [-0.25, -0.2) is 8.42 Å². The van der Waals surface area contributed by atoms with Gasteiger partial charge in [0.1, 0.15) is 0 Å². The fourth-order valence-corrected chi connectivity index (χ4v) is 7.50. The number of aryl methyl sites for hydroxylation is 1. The second-order valence-corrected chi connectivity index (χ2v) is 11.3. The van der Waals surface area contributed by atoms with Gasteiger partial charge in [-0.3, -0.25) is 9.69 Å². The minimum absolute atomic E-state index is 0.150. The van der Waals surface area contributed by atoms with E-state index in [0.717, 1.165) is 43.1 Å². The van der Waals surface area contributed by atoms with E-state index in [1.807, 2.05) is 4.90 Å². The molecule has 0 unspecified atom stereocenters. The molecular weight excluding hydrogens is 368 g/mol. The molecule has 5 nitrogen and oxygen atoms in total. The van der Waals surface area contributed by atoms with Gasteiger partial charge in [0, 0.05) is 37.1 Å². The van der Waals surface area contributed by atoms with Crippen LogP contribution in [0.4, 0.5) is 0 Å². The Morgan fingerprint density at radius 3 is 2.65 bits per heavy atom. The molecule has 0 saturated carbocycles. The normalized spacial score (nSPS) is 28.9. The second-order valence-electron chi connectivity index (χ2n) is 7.96. The number of carbonyl (C=O) groups is 1. The van der Waals surface area contributed by atoms with Gasteiger partial charge >= 0.3 is 0 Å². The lowest BCUT2D eigenvalue weighted by molar-refractivity contribution is 0.0592. The van der Waals surface area contributed by atoms with Crippen molar-refractivity contribution < 1.29 is 13.2 Å². The maximum atomic E-state index is 12.9. The van der Waals surface area contributed by atoms with E-state index in [1.165, 1.54) is 23.3 Å². The van der Waals surface area contributed by atoms with Gasteiger partial charge in [-0.2, -0.15) is 0 Å². The average molecular weight is 397 g/mol. The van der Waals surface area contributed by atoms with E-state index in [0.29, 0.717) is 18.8 Å². The van der Waals surface area contributed by atoms with Crippen LogP contribution in [0.1, 0.15) is 46.3 Å². The molecule has 0 aromatic carbocycles. The first-order chi connectivity index (χ1) is 12.4. The Labute approximate surface area is 160 Å². The SMILES string of the molecule is CC[C@H]1CCc2sc(C(=O)N3CCN([C@@H]4CCS(=O)(=O)C4)CC3)cc2C1. The summed E-state index contributed by atoms with van der Waals surface area (Å²) in [5, 5.41) is 0. The van der Waals surface area contributed by atoms with Crippen LogP contribution < -0.4 is 0 Å². The van der Waals surface area contributed by atoms with Crippen LogP contribution in [0.15, 0.2) is 6.07 Å². The molecule has 2 atom stereocenters. The maximum absolute atomic E-state index is 12.9. The van der Waals surface area contributed by atoms with Gasteiger partial charge in [-0.05, 0) is 43.2 Å². The van der Waals surface area contributed by atoms with Gasteiger partial charge in [0.25, 0.3) is 5.91 Å². The van der Waals surface area contributed by atoms with Crippen LogP contribution in [0.25, 0.3) is 0 Å². The second kappa shape index (κ2) is 7.24. The maximum Gasteiger partial charge on any atom is 0.264 e. The van der Waals surface area contributed by atoms with Crippen LogP contribution in [0.3, 0.4) is 0 Å². The summed E-state index contributed by atoms with van der Waals surface area (Å²) in [6.07, 6.45) is 5.46. The van der Waals surface area contributed by atoms with Gasteiger partial charge in [0.15, 0.2) is 9.84 Å². The summed E-state index contributed by atoms with van der Waals surface area (Å²) in [4.78, 5) is 19.4. The van der Waals surface area contributed by atoms with Crippen molar-refractivity contribution in [3.8, 4) is 0 Å². The molecular formula is C19H28N2O3S2. The summed E-state index contributed by atoms with van der Waals surface area (Å²) in [5.74, 6) is 1.54. The van der Waals surface area contributed by atoms with E-state index >= 15 is 0 Å². The number of hydrogen-bond acceptors (Lipinski definition) is 5. The summed E-state index contributed by atoms with van der Waals surface area (Å²) in [6, 6.07) is 2.29. The highest BCUT2D eigenvalue weighted by molar-refractivity contribution is 7.91. The Bertz CT molecular complexity index is 779. The molecule has 144 valence electrons. The summed E-state index contributed by atoms with van der Waals surface area (Å²) >= 11 is 1.69. The van der Waals surface area contributed by atoms with Crippen LogP contribution in [-0.2, 0) is 22.7 Å². The van der Waals surface area contributed by atoms with Crippen molar-refractivity contribution in [2.24, 2.45) is 5.92 Å². The third-order valence-corrected chi connectivity index (χ3v) is 9.27. The van der Waals surface area contributed by atoms with E-state index in [2.05, 4.69) is 17.9 Å². The average Bonchev–Trinajstić information content (AvgIpc) is 3.23. The minimum Gasteiger partial charge on any atom is -0.335 e. The molecule has 26 heavy (non-hydrogen) atoms. The first-order valence-corrected chi connectivity index (χ1v) is 12.4. The first kappa shape index (κ1) is 18.4. The molecule has 0 spiro atoms. The molecule has 3 aliphatic rings. The molecule has 2 fully saturated rings. The van der Waals surface area contributed by atoms with Crippen LogP contribution in [0, 0.1) is 5.92 Å². The third-order valence-electron chi connectivity index (χ3n) is 6.30. The number of rotatable bonds is 3. The summed E-state index contributed by atoms with van der Waals surface area (Å²) in [6.45, 7) is 5.23. The molecule has 0 radical (unpaired) electrons. The topological polar surface area (TPSA) is 57.7 Å². The van der Waals surface area contributed by atoms with E-state index in [1.54, 1.807) is 11.3 Å². The fourth-order valence-electron chi connectivity index (χ4n) is 4.56. The molecule has 0 N–H and O–H groups in total. The lowest BCUT2D eigenvalue weighted by Gasteiger charge is -2.37. The number of nitrogens with zero attached hydrogens (tertiary/aromatic N) is 2. The van der Waals surface area contributed by atoms with Gasteiger partial charge < -0.3 is 4.90 Å². The summed E-state index contributed by atoms with van der Waals surface area (Å²) < 4.78 is 23.4. The smallest absolute Gasteiger partial charge is 0.264 e. The Morgan fingerprint density at radius 1 is 1.23 bits per heavy atom. The lowest BCUT2D eigenvalue weighted by Crippen LogP contribution is -2.52. The lowest BCUT2D eigenvalue weighted by atomic mass is 9.87. The van der Waals surface area contributed by atoms with Crippen molar-refractivity contribution in [2.75, 3.05) is 37.7 Å². The van der Waals surface area contributed by atoms with E-state index in [4.69, 9.17) is 0 Å². The number of hydrogen-bond donors (Lipinski definition) is 0. The summed E-state index contributed by atoms with van der Waals surface area (Å²) in [7, 11) is -2.85. The number of sulfone groups is 1. The molecule has 1 amide bonds. The number of fused-ring (bicyclic) bond motifs is 1. The van der Waals surface area contributed by atoms with Crippen molar-refractivity contribution >= 4 is 27.1 Å². The van der Waals surface area contributed by atoms with Crippen molar-refractivity contribution in [3.05, 3.63) is 21.4 Å². The highest BCUT2D eigenvalue weighted by Crippen LogP contribution is 2.34. The van der Waals surface area contributed by atoms with Crippen LogP contribution >= 0.6 is 11.3 Å². The molecule has 2 saturated heterocycles. The standard InChI is InChI=1S/C19H28N2O3S2/c1-2-14-3-4-17-15(11-14)12-18(25-17)19(22)21-8-6-20(7-9-21)16-5-10-26(23,24)13-16/h12,14,16H,2-11,13H2,1H3/t14-,16+/m0/s1. The largest absolute Gasteiger partial charge is 0.335 e. The Hall–Kier alpha value is -0.920. The van der Waals surface area contributed by atoms with Crippen molar-refractivity contribution in [3.63, 3.8) is 0 Å². The molecule has 3 heterocycles. The number of thiophene rings is 1.